The monoisotopic (exact) mass is 309 g/mol. The van der Waals surface area contributed by atoms with Crippen LogP contribution in [0.3, 0.4) is 0 Å². The third-order valence-corrected chi connectivity index (χ3v) is 2.89. The first-order chi connectivity index (χ1) is 9.88. The maximum atomic E-state index is 13.6. The number of phenols is 1. The largest absolute Gasteiger partial charge is 0.508 e. The molecule has 7 heteroatoms. The summed E-state index contributed by atoms with van der Waals surface area (Å²) in [7, 11) is 0. The van der Waals surface area contributed by atoms with Crippen LogP contribution in [0.5, 0.6) is 5.75 Å². The highest BCUT2D eigenvalue weighted by Gasteiger charge is 2.16. The lowest BCUT2D eigenvalue weighted by molar-refractivity contribution is 0.0698. The van der Waals surface area contributed by atoms with Gasteiger partial charge < -0.3 is 15.5 Å². The molecule has 21 heavy (non-hydrogen) atoms. The number of benzene rings is 2. The Morgan fingerprint density at radius 2 is 1.81 bits per heavy atom. The van der Waals surface area contributed by atoms with E-state index in [-0.39, 0.29) is 27.6 Å². The highest BCUT2D eigenvalue weighted by atomic mass is 35.5. The van der Waals surface area contributed by atoms with Crippen molar-refractivity contribution in [1.82, 2.24) is 0 Å². The van der Waals surface area contributed by atoms with E-state index in [9.17, 15) is 14.0 Å². The van der Waals surface area contributed by atoms with Crippen LogP contribution in [0.2, 0.25) is 5.02 Å². The molecule has 108 valence electrons. The van der Waals surface area contributed by atoms with Crippen LogP contribution in [0.4, 0.5) is 10.1 Å². The van der Waals surface area contributed by atoms with Gasteiger partial charge in [0.05, 0.1) is 16.8 Å². The van der Waals surface area contributed by atoms with E-state index in [0.29, 0.717) is 0 Å². The van der Waals surface area contributed by atoms with Crippen LogP contribution in [-0.2, 0) is 0 Å². The molecule has 1 amide bonds. The number of anilines is 1. The van der Waals surface area contributed by atoms with Gasteiger partial charge in [-0.15, -0.1) is 0 Å². The lowest BCUT2D eigenvalue weighted by Crippen LogP contribution is -2.16. The van der Waals surface area contributed by atoms with Crippen molar-refractivity contribution in [3.8, 4) is 5.75 Å². The number of carbonyl (C=O) groups excluding carboxylic acids is 1. The fourth-order valence-corrected chi connectivity index (χ4v) is 1.85. The molecule has 0 aliphatic heterocycles. The average Bonchev–Trinajstić information content (AvgIpc) is 2.40. The average molecular weight is 310 g/mol. The number of halogens is 2. The van der Waals surface area contributed by atoms with Gasteiger partial charge in [0.2, 0.25) is 0 Å². The van der Waals surface area contributed by atoms with E-state index < -0.39 is 17.7 Å². The molecule has 2 aromatic carbocycles. The minimum Gasteiger partial charge on any atom is -0.508 e. The van der Waals surface area contributed by atoms with Crippen LogP contribution in [-0.4, -0.2) is 22.1 Å². The lowest BCUT2D eigenvalue weighted by Gasteiger charge is -2.09. The zero-order chi connectivity index (χ0) is 15.6. The molecule has 0 aliphatic carbocycles. The van der Waals surface area contributed by atoms with Gasteiger partial charge in [0.15, 0.2) is 0 Å². The Labute approximate surface area is 123 Å². The summed E-state index contributed by atoms with van der Waals surface area (Å²) in [5.41, 5.74) is -0.543. The first-order valence-electron chi connectivity index (χ1n) is 5.71. The topological polar surface area (TPSA) is 86.6 Å². The summed E-state index contributed by atoms with van der Waals surface area (Å²) in [6.07, 6.45) is 0. The van der Waals surface area contributed by atoms with Crippen LogP contribution in [0.15, 0.2) is 36.4 Å². The first kappa shape index (κ1) is 14.8. The van der Waals surface area contributed by atoms with Gasteiger partial charge in [-0.25, -0.2) is 9.18 Å². The maximum Gasteiger partial charge on any atom is 0.337 e. The van der Waals surface area contributed by atoms with E-state index in [1.54, 1.807) is 0 Å². The van der Waals surface area contributed by atoms with Crippen LogP contribution in [0.25, 0.3) is 0 Å². The molecule has 5 nitrogen and oxygen atoms in total. The second-order valence-electron chi connectivity index (χ2n) is 4.11. The zero-order valence-corrected chi connectivity index (χ0v) is 11.2. The van der Waals surface area contributed by atoms with Gasteiger partial charge >= 0.3 is 5.97 Å². The molecule has 0 atom stereocenters. The lowest BCUT2D eigenvalue weighted by atomic mass is 10.1. The molecule has 0 radical (unpaired) electrons. The summed E-state index contributed by atoms with van der Waals surface area (Å²) >= 11 is 5.69. The number of rotatable bonds is 3. The van der Waals surface area contributed by atoms with Gasteiger partial charge in [0.25, 0.3) is 5.91 Å². The van der Waals surface area contributed by atoms with E-state index in [4.69, 9.17) is 21.8 Å². The van der Waals surface area contributed by atoms with E-state index >= 15 is 0 Å². The van der Waals surface area contributed by atoms with E-state index in [1.807, 2.05) is 0 Å². The second kappa shape index (κ2) is 5.80. The van der Waals surface area contributed by atoms with Crippen LogP contribution in [0.1, 0.15) is 20.7 Å². The number of phenolic OH excluding ortho intramolecular Hbond substituents is 1. The number of aromatic hydroxyl groups is 1. The highest BCUT2D eigenvalue weighted by Crippen LogP contribution is 2.22. The summed E-state index contributed by atoms with van der Waals surface area (Å²) in [6, 6.07) is 6.91. The standard InChI is InChI=1S/C14H9ClFNO4/c15-7-1-4-12(10(5-7)14(20)21)17-13(19)9-3-2-8(18)6-11(9)16/h1-6,18H,(H,17,19)(H,20,21). The predicted molar refractivity (Wildman–Crippen MR) is 74.4 cm³/mol. The number of nitrogens with one attached hydrogen (secondary N) is 1. The number of carboxylic acids is 1. The van der Waals surface area contributed by atoms with Gasteiger partial charge in [0.1, 0.15) is 11.6 Å². The third-order valence-electron chi connectivity index (χ3n) is 2.66. The molecule has 2 rings (SSSR count). The SMILES string of the molecule is O=C(Nc1ccc(Cl)cc1C(=O)O)c1ccc(O)cc1F. The molecular formula is C14H9ClFNO4. The maximum absolute atomic E-state index is 13.6. The van der Waals surface area contributed by atoms with Gasteiger partial charge in [-0.3, -0.25) is 4.79 Å². The van der Waals surface area contributed by atoms with Crippen molar-refractivity contribution in [3.05, 3.63) is 58.4 Å². The van der Waals surface area contributed by atoms with Crippen LogP contribution in [0, 0.1) is 5.82 Å². The molecule has 2 aromatic rings. The number of aromatic carboxylic acids is 1. The number of hydrogen-bond donors (Lipinski definition) is 3. The van der Waals surface area contributed by atoms with Crippen LogP contribution < -0.4 is 5.32 Å². The van der Waals surface area contributed by atoms with E-state index in [0.717, 1.165) is 18.2 Å². The molecule has 0 saturated heterocycles. The van der Waals surface area contributed by atoms with Crippen molar-refractivity contribution in [2.45, 2.75) is 0 Å². The summed E-state index contributed by atoms with van der Waals surface area (Å²) < 4.78 is 13.6. The number of carbonyl (C=O) groups is 2. The molecule has 3 N–H and O–H groups in total. The fourth-order valence-electron chi connectivity index (χ4n) is 1.68. The van der Waals surface area contributed by atoms with E-state index in [2.05, 4.69) is 5.32 Å². The Kier molecular flexibility index (Phi) is 4.09. The Balaban J connectivity index is 2.34. The van der Waals surface area contributed by atoms with Gasteiger partial charge in [-0.05, 0) is 30.3 Å². The molecule has 0 saturated carbocycles. The molecule has 0 aliphatic rings. The Morgan fingerprint density at radius 1 is 1.10 bits per heavy atom. The van der Waals surface area contributed by atoms with Crippen molar-refractivity contribution in [3.63, 3.8) is 0 Å². The molecule has 0 unspecified atom stereocenters. The van der Waals surface area contributed by atoms with Crippen molar-refractivity contribution in [1.29, 1.82) is 0 Å². The Bertz CT molecular complexity index is 733. The van der Waals surface area contributed by atoms with Crippen molar-refractivity contribution >= 4 is 29.2 Å². The fraction of sp³-hybridized carbons (Fsp3) is 0. The molecule has 0 bridgehead atoms. The summed E-state index contributed by atoms with van der Waals surface area (Å²) in [6.45, 7) is 0. The van der Waals surface area contributed by atoms with Crippen molar-refractivity contribution in [2.24, 2.45) is 0 Å². The minimum absolute atomic E-state index is 0.00984. The third kappa shape index (κ3) is 3.29. The molecule has 0 aromatic heterocycles. The second-order valence-corrected chi connectivity index (χ2v) is 4.55. The minimum atomic E-state index is -1.28. The number of carboxylic acid groups (broad SMARTS) is 1. The molecule has 0 heterocycles. The van der Waals surface area contributed by atoms with E-state index in [1.165, 1.54) is 18.2 Å². The number of amides is 1. The highest BCUT2D eigenvalue weighted by molar-refractivity contribution is 6.31. The Morgan fingerprint density at radius 3 is 2.43 bits per heavy atom. The van der Waals surface area contributed by atoms with Gasteiger partial charge in [-0.2, -0.15) is 0 Å². The van der Waals surface area contributed by atoms with Gasteiger partial charge in [0, 0.05) is 11.1 Å². The quantitative estimate of drug-likeness (QED) is 0.813. The summed E-state index contributed by atoms with van der Waals surface area (Å²) in [5, 5.41) is 20.6. The molecule has 0 fully saturated rings. The van der Waals surface area contributed by atoms with Crippen molar-refractivity contribution < 1.29 is 24.2 Å². The van der Waals surface area contributed by atoms with Crippen molar-refractivity contribution in [2.75, 3.05) is 5.32 Å². The zero-order valence-electron chi connectivity index (χ0n) is 10.4. The molecular weight excluding hydrogens is 301 g/mol. The Hall–Kier alpha value is -2.60. The number of hydrogen-bond acceptors (Lipinski definition) is 3. The summed E-state index contributed by atoms with van der Waals surface area (Å²) in [4.78, 5) is 23.0. The van der Waals surface area contributed by atoms with Crippen LogP contribution >= 0.6 is 11.6 Å². The van der Waals surface area contributed by atoms with Gasteiger partial charge in [-0.1, -0.05) is 11.6 Å². The first-order valence-corrected chi connectivity index (χ1v) is 6.09. The molecule has 0 spiro atoms. The predicted octanol–water partition coefficient (Wildman–Crippen LogP) is 3.14. The smallest absolute Gasteiger partial charge is 0.337 e. The summed E-state index contributed by atoms with van der Waals surface area (Å²) in [5.74, 6) is -3.35. The normalized spacial score (nSPS) is 10.2.